The van der Waals surface area contributed by atoms with Crippen LogP contribution < -0.4 is 15.4 Å². The monoisotopic (exact) mass is 381 g/mol. The van der Waals surface area contributed by atoms with Gasteiger partial charge in [0.25, 0.3) is 5.91 Å². The van der Waals surface area contributed by atoms with E-state index in [9.17, 15) is 9.59 Å². The molecule has 1 saturated heterocycles. The smallest absolute Gasteiger partial charge is 0.319 e. The summed E-state index contributed by atoms with van der Waals surface area (Å²) in [6, 6.07) is 14.3. The van der Waals surface area contributed by atoms with Crippen molar-refractivity contribution < 1.29 is 14.3 Å². The molecule has 0 radical (unpaired) electrons. The standard InChI is InChI=1S/C22H27N3O3/c1-28-20-11-6-8-17(14-20)16-23-22(27)24-19-10-7-9-18(15-19)21(26)25-12-4-2-3-5-13-25/h6-11,14-15H,2-5,12-13,16H2,1H3,(H2,23,24,27). The van der Waals surface area contributed by atoms with Gasteiger partial charge in [0, 0.05) is 30.9 Å². The van der Waals surface area contributed by atoms with Crippen molar-refractivity contribution >= 4 is 17.6 Å². The Balaban J connectivity index is 1.57. The lowest BCUT2D eigenvalue weighted by Gasteiger charge is -2.20. The largest absolute Gasteiger partial charge is 0.497 e. The number of carbonyl (C=O) groups is 2. The average molecular weight is 381 g/mol. The Labute approximate surface area is 165 Å². The molecule has 0 aromatic heterocycles. The first-order valence-corrected chi connectivity index (χ1v) is 9.73. The van der Waals surface area contributed by atoms with E-state index in [0.717, 1.165) is 37.2 Å². The second kappa shape index (κ2) is 9.78. The molecule has 2 aromatic carbocycles. The van der Waals surface area contributed by atoms with Gasteiger partial charge in [-0.05, 0) is 48.7 Å². The molecule has 1 heterocycles. The molecule has 0 unspecified atom stereocenters. The molecule has 1 aliphatic rings. The van der Waals surface area contributed by atoms with Crippen LogP contribution in [0.2, 0.25) is 0 Å². The highest BCUT2D eigenvalue weighted by Crippen LogP contribution is 2.17. The third-order valence-corrected chi connectivity index (χ3v) is 4.85. The molecule has 0 atom stereocenters. The molecule has 0 aliphatic carbocycles. The number of nitrogens with zero attached hydrogens (tertiary/aromatic N) is 1. The maximum atomic E-state index is 12.7. The van der Waals surface area contributed by atoms with Gasteiger partial charge < -0.3 is 20.3 Å². The topological polar surface area (TPSA) is 70.7 Å². The summed E-state index contributed by atoms with van der Waals surface area (Å²) < 4.78 is 5.19. The number of carbonyl (C=O) groups excluding carboxylic acids is 2. The summed E-state index contributed by atoms with van der Waals surface area (Å²) in [7, 11) is 1.61. The molecule has 0 bridgehead atoms. The van der Waals surface area contributed by atoms with E-state index >= 15 is 0 Å². The highest BCUT2D eigenvalue weighted by Gasteiger charge is 2.17. The third kappa shape index (κ3) is 5.49. The molecule has 1 aliphatic heterocycles. The van der Waals surface area contributed by atoms with Gasteiger partial charge in [-0.15, -0.1) is 0 Å². The van der Waals surface area contributed by atoms with Crippen LogP contribution in [0.25, 0.3) is 0 Å². The summed E-state index contributed by atoms with van der Waals surface area (Å²) in [6.45, 7) is 1.99. The number of rotatable bonds is 5. The molecule has 6 heteroatoms. The van der Waals surface area contributed by atoms with Crippen LogP contribution >= 0.6 is 0 Å². The zero-order valence-electron chi connectivity index (χ0n) is 16.2. The van der Waals surface area contributed by atoms with E-state index in [1.807, 2.05) is 29.2 Å². The Morgan fingerprint density at radius 3 is 2.50 bits per heavy atom. The summed E-state index contributed by atoms with van der Waals surface area (Å²) >= 11 is 0. The van der Waals surface area contributed by atoms with E-state index in [2.05, 4.69) is 10.6 Å². The van der Waals surface area contributed by atoms with Gasteiger partial charge in [0.05, 0.1) is 7.11 Å². The first-order valence-electron chi connectivity index (χ1n) is 9.73. The Morgan fingerprint density at radius 1 is 1.00 bits per heavy atom. The lowest BCUT2D eigenvalue weighted by molar-refractivity contribution is 0.0761. The minimum Gasteiger partial charge on any atom is -0.497 e. The predicted octanol–water partition coefficient (Wildman–Crippen LogP) is 4.03. The molecule has 1 fully saturated rings. The number of amides is 3. The Bertz CT molecular complexity index is 814. The fourth-order valence-corrected chi connectivity index (χ4v) is 3.33. The second-order valence-corrected chi connectivity index (χ2v) is 6.95. The molecule has 28 heavy (non-hydrogen) atoms. The zero-order valence-corrected chi connectivity index (χ0v) is 16.2. The molecular formula is C22H27N3O3. The fraction of sp³-hybridized carbons (Fsp3) is 0.364. The molecule has 3 amide bonds. The van der Waals surface area contributed by atoms with Crippen molar-refractivity contribution in [3.63, 3.8) is 0 Å². The molecule has 0 saturated carbocycles. The van der Waals surface area contributed by atoms with Crippen LogP contribution in [-0.2, 0) is 6.54 Å². The normalized spacial score (nSPS) is 14.1. The zero-order chi connectivity index (χ0) is 19.8. The Hall–Kier alpha value is -3.02. The molecular weight excluding hydrogens is 354 g/mol. The van der Waals surface area contributed by atoms with Crippen molar-refractivity contribution in [2.75, 3.05) is 25.5 Å². The van der Waals surface area contributed by atoms with Gasteiger partial charge >= 0.3 is 6.03 Å². The van der Waals surface area contributed by atoms with Crippen LogP contribution in [0.1, 0.15) is 41.6 Å². The van der Waals surface area contributed by atoms with E-state index in [0.29, 0.717) is 17.8 Å². The number of hydrogen-bond acceptors (Lipinski definition) is 3. The summed E-state index contributed by atoms with van der Waals surface area (Å²) in [5.74, 6) is 0.779. The first kappa shape index (κ1) is 19.7. The van der Waals surface area contributed by atoms with Crippen molar-refractivity contribution in [3.05, 3.63) is 59.7 Å². The van der Waals surface area contributed by atoms with Gasteiger partial charge in [0.15, 0.2) is 0 Å². The molecule has 2 aromatic rings. The number of nitrogens with one attached hydrogen (secondary N) is 2. The molecule has 3 rings (SSSR count). The Morgan fingerprint density at radius 2 is 1.75 bits per heavy atom. The highest BCUT2D eigenvalue weighted by molar-refractivity contribution is 5.96. The third-order valence-electron chi connectivity index (χ3n) is 4.85. The summed E-state index contributed by atoms with van der Waals surface area (Å²) in [4.78, 5) is 26.9. The second-order valence-electron chi connectivity index (χ2n) is 6.95. The van der Waals surface area contributed by atoms with Crippen molar-refractivity contribution in [2.45, 2.75) is 32.2 Å². The van der Waals surface area contributed by atoms with E-state index in [-0.39, 0.29) is 11.9 Å². The number of urea groups is 1. The van der Waals surface area contributed by atoms with Gasteiger partial charge in [-0.2, -0.15) is 0 Å². The minimum absolute atomic E-state index is 0.0299. The van der Waals surface area contributed by atoms with Gasteiger partial charge in [-0.1, -0.05) is 31.0 Å². The van der Waals surface area contributed by atoms with Crippen LogP contribution in [-0.4, -0.2) is 37.0 Å². The highest BCUT2D eigenvalue weighted by atomic mass is 16.5. The van der Waals surface area contributed by atoms with Gasteiger partial charge in [0.2, 0.25) is 0 Å². The number of benzene rings is 2. The van der Waals surface area contributed by atoms with Crippen LogP contribution in [0, 0.1) is 0 Å². The van der Waals surface area contributed by atoms with E-state index < -0.39 is 0 Å². The number of methoxy groups -OCH3 is 1. The van der Waals surface area contributed by atoms with Crippen molar-refractivity contribution in [2.24, 2.45) is 0 Å². The maximum absolute atomic E-state index is 12.7. The number of hydrogen-bond donors (Lipinski definition) is 2. The lowest BCUT2D eigenvalue weighted by Crippen LogP contribution is -2.32. The first-order chi connectivity index (χ1) is 13.7. The lowest BCUT2D eigenvalue weighted by atomic mass is 10.1. The minimum atomic E-state index is -0.317. The molecule has 148 valence electrons. The quantitative estimate of drug-likeness (QED) is 0.821. The van der Waals surface area contributed by atoms with Crippen LogP contribution in [0.3, 0.4) is 0 Å². The fourth-order valence-electron chi connectivity index (χ4n) is 3.33. The summed E-state index contributed by atoms with van der Waals surface area (Å²) in [5, 5.41) is 5.62. The Kier molecular flexibility index (Phi) is 6.89. The predicted molar refractivity (Wildman–Crippen MR) is 110 cm³/mol. The van der Waals surface area contributed by atoms with E-state index in [4.69, 9.17) is 4.74 Å². The van der Waals surface area contributed by atoms with Crippen LogP contribution in [0.15, 0.2) is 48.5 Å². The molecule has 2 N–H and O–H groups in total. The van der Waals surface area contributed by atoms with Crippen LogP contribution in [0.4, 0.5) is 10.5 Å². The number of anilines is 1. The summed E-state index contributed by atoms with van der Waals surface area (Å²) in [6.07, 6.45) is 4.46. The van der Waals surface area contributed by atoms with Gasteiger partial charge in [-0.3, -0.25) is 4.79 Å². The number of ether oxygens (including phenoxy) is 1. The van der Waals surface area contributed by atoms with Crippen LogP contribution in [0.5, 0.6) is 5.75 Å². The van der Waals surface area contributed by atoms with E-state index in [1.165, 1.54) is 12.8 Å². The maximum Gasteiger partial charge on any atom is 0.319 e. The SMILES string of the molecule is COc1cccc(CNC(=O)Nc2cccc(C(=O)N3CCCCCC3)c2)c1. The summed E-state index contributed by atoms with van der Waals surface area (Å²) in [5.41, 5.74) is 2.15. The number of likely N-dealkylation sites (tertiary alicyclic amines) is 1. The average Bonchev–Trinajstić information content (AvgIpc) is 3.01. The van der Waals surface area contributed by atoms with Gasteiger partial charge in [0.1, 0.15) is 5.75 Å². The van der Waals surface area contributed by atoms with Crippen molar-refractivity contribution in [1.82, 2.24) is 10.2 Å². The van der Waals surface area contributed by atoms with Gasteiger partial charge in [-0.25, -0.2) is 4.79 Å². The van der Waals surface area contributed by atoms with E-state index in [1.54, 1.807) is 31.4 Å². The molecule has 6 nitrogen and oxygen atoms in total. The molecule has 0 spiro atoms. The van der Waals surface area contributed by atoms with Crippen molar-refractivity contribution in [1.29, 1.82) is 0 Å². The van der Waals surface area contributed by atoms with Crippen molar-refractivity contribution in [3.8, 4) is 5.75 Å².